The average Bonchev–Trinajstić information content (AvgIpc) is 1.97. The Bertz CT molecular complexity index is 235. The molecule has 0 fully saturated rings. The number of sulfonamides is 1. The van der Waals surface area contributed by atoms with Gasteiger partial charge in [-0.1, -0.05) is 6.08 Å². The topological polar surface area (TPSA) is 69.4 Å². The highest BCUT2D eigenvalue weighted by Gasteiger charge is 2.18. The molecule has 2 N–H and O–H groups in total. The van der Waals surface area contributed by atoms with E-state index in [9.17, 15) is 8.42 Å². The van der Waals surface area contributed by atoms with Crippen LogP contribution in [0, 0.1) is 0 Å². The van der Waals surface area contributed by atoms with E-state index in [1.54, 1.807) is 13.0 Å². The summed E-state index contributed by atoms with van der Waals surface area (Å²) in [5.74, 6) is 0. The van der Waals surface area contributed by atoms with E-state index in [0.717, 1.165) is 0 Å². The molecule has 5 heteroatoms. The molecule has 0 aliphatic carbocycles. The predicted molar refractivity (Wildman–Crippen MR) is 48.2 cm³/mol. The molecule has 0 amide bonds. The molecule has 0 saturated heterocycles. The summed E-state index contributed by atoms with van der Waals surface area (Å²) in [6, 6.07) is 0. The minimum atomic E-state index is -3.45. The van der Waals surface area contributed by atoms with Gasteiger partial charge in [0.05, 0.1) is 11.4 Å². The molecule has 72 valence electrons. The first-order chi connectivity index (χ1) is 5.41. The van der Waals surface area contributed by atoms with Gasteiger partial charge in [0, 0.05) is 7.11 Å². The van der Waals surface area contributed by atoms with Crippen LogP contribution in [0.4, 0.5) is 0 Å². The van der Waals surface area contributed by atoms with Crippen molar-refractivity contribution in [3.8, 4) is 0 Å². The van der Waals surface area contributed by atoms with E-state index in [0.29, 0.717) is 6.42 Å². The van der Waals surface area contributed by atoms with Gasteiger partial charge in [0.25, 0.3) is 0 Å². The molecule has 0 aromatic carbocycles. The number of rotatable bonds is 5. The minimum absolute atomic E-state index is 0.252. The second-order valence-electron chi connectivity index (χ2n) is 2.65. The molecule has 0 radical (unpaired) electrons. The maximum atomic E-state index is 10.8. The summed E-state index contributed by atoms with van der Waals surface area (Å²) >= 11 is 0. The largest absolute Gasteiger partial charge is 0.377 e. The van der Waals surface area contributed by atoms with Crippen LogP contribution in [-0.2, 0) is 14.8 Å². The van der Waals surface area contributed by atoms with E-state index in [4.69, 9.17) is 9.88 Å². The molecule has 12 heavy (non-hydrogen) atoms. The van der Waals surface area contributed by atoms with Crippen molar-refractivity contribution in [2.45, 2.75) is 24.7 Å². The van der Waals surface area contributed by atoms with Gasteiger partial charge in [0.2, 0.25) is 10.0 Å². The molecule has 0 aliphatic heterocycles. The number of hydrogen-bond donors (Lipinski definition) is 1. The van der Waals surface area contributed by atoms with Crippen LogP contribution in [-0.4, -0.2) is 26.9 Å². The molecule has 4 nitrogen and oxygen atoms in total. The quantitative estimate of drug-likeness (QED) is 0.636. The van der Waals surface area contributed by atoms with Crippen molar-refractivity contribution in [2.75, 3.05) is 7.11 Å². The SMILES string of the molecule is C=C[C@@H](C[C@H](C)S(N)(=O)=O)OC. The van der Waals surface area contributed by atoms with E-state index in [1.165, 1.54) is 7.11 Å². The van der Waals surface area contributed by atoms with E-state index in [1.807, 2.05) is 0 Å². The molecular formula is C7H15NO3S. The van der Waals surface area contributed by atoms with E-state index in [2.05, 4.69) is 6.58 Å². The lowest BCUT2D eigenvalue weighted by Crippen LogP contribution is -2.29. The molecule has 0 aromatic rings. The van der Waals surface area contributed by atoms with Crippen LogP contribution < -0.4 is 5.14 Å². The normalized spacial score (nSPS) is 16.9. The summed E-state index contributed by atoms with van der Waals surface area (Å²) in [4.78, 5) is 0. The zero-order valence-corrected chi connectivity index (χ0v) is 8.17. The average molecular weight is 193 g/mol. The van der Waals surface area contributed by atoms with Gasteiger partial charge in [-0.3, -0.25) is 0 Å². The predicted octanol–water partition coefficient (Wildman–Crippen LogP) is 0.255. The fourth-order valence-electron chi connectivity index (χ4n) is 0.750. The van der Waals surface area contributed by atoms with Crippen LogP contribution in [0.15, 0.2) is 12.7 Å². The lowest BCUT2D eigenvalue weighted by Gasteiger charge is -2.14. The number of methoxy groups -OCH3 is 1. The van der Waals surface area contributed by atoms with Crippen molar-refractivity contribution in [1.29, 1.82) is 0 Å². The zero-order valence-electron chi connectivity index (χ0n) is 7.36. The standard InChI is InChI=1S/C7H15NO3S/c1-4-7(11-3)5-6(2)12(8,9)10/h4,6-7H,1,5H2,2-3H3,(H2,8,9,10)/t6-,7-/m0/s1. The molecule has 0 unspecified atom stereocenters. The van der Waals surface area contributed by atoms with Crippen LogP contribution in [0.2, 0.25) is 0 Å². The Hall–Kier alpha value is -0.390. The first-order valence-electron chi connectivity index (χ1n) is 3.58. The van der Waals surface area contributed by atoms with Crippen LogP contribution in [0.3, 0.4) is 0 Å². The molecule has 0 spiro atoms. The Morgan fingerprint density at radius 2 is 2.17 bits per heavy atom. The Labute approximate surface area is 73.5 Å². The number of hydrogen-bond acceptors (Lipinski definition) is 3. The monoisotopic (exact) mass is 193 g/mol. The van der Waals surface area contributed by atoms with Crippen molar-refractivity contribution >= 4 is 10.0 Å². The van der Waals surface area contributed by atoms with Gasteiger partial charge in [0.1, 0.15) is 0 Å². The molecule has 0 bridgehead atoms. The number of ether oxygens (including phenoxy) is 1. The van der Waals surface area contributed by atoms with Gasteiger partial charge < -0.3 is 4.74 Å². The summed E-state index contributed by atoms with van der Waals surface area (Å²) in [5, 5.41) is 4.32. The second-order valence-corrected chi connectivity index (χ2v) is 4.63. The number of nitrogens with two attached hydrogens (primary N) is 1. The molecule has 0 heterocycles. The first kappa shape index (κ1) is 11.6. The Balaban J connectivity index is 4.17. The molecule has 0 rings (SSSR count). The van der Waals surface area contributed by atoms with Crippen molar-refractivity contribution in [1.82, 2.24) is 0 Å². The molecule has 0 saturated carbocycles. The van der Waals surface area contributed by atoms with Gasteiger partial charge in [-0.15, -0.1) is 6.58 Å². The highest BCUT2D eigenvalue weighted by atomic mass is 32.2. The second kappa shape index (κ2) is 4.59. The Morgan fingerprint density at radius 3 is 2.42 bits per heavy atom. The highest BCUT2D eigenvalue weighted by molar-refractivity contribution is 7.89. The van der Waals surface area contributed by atoms with E-state index < -0.39 is 15.3 Å². The fraction of sp³-hybridized carbons (Fsp3) is 0.714. The summed E-state index contributed by atoms with van der Waals surface area (Å²) in [6.07, 6.45) is 1.65. The van der Waals surface area contributed by atoms with Crippen LogP contribution >= 0.6 is 0 Å². The summed E-state index contributed by atoms with van der Waals surface area (Å²) in [5.41, 5.74) is 0. The van der Waals surface area contributed by atoms with E-state index in [-0.39, 0.29) is 6.10 Å². The van der Waals surface area contributed by atoms with Crippen molar-refractivity contribution in [3.05, 3.63) is 12.7 Å². The van der Waals surface area contributed by atoms with Gasteiger partial charge >= 0.3 is 0 Å². The van der Waals surface area contributed by atoms with Crippen molar-refractivity contribution in [3.63, 3.8) is 0 Å². The van der Waals surface area contributed by atoms with Gasteiger partial charge in [-0.05, 0) is 13.3 Å². The highest BCUT2D eigenvalue weighted by Crippen LogP contribution is 2.07. The number of primary sulfonamides is 1. The van der Waals surface area contributed by atoms with Crippen molar-refractivity contribution in [2.24, 2.45) is 5.14 Å². The summed E-state index contributed by atoms with van der Waals surface area (Å²) < 4.78 is 26.5. The maximum Gasteiger partial charge on any atom is 0.211 e. The van der Waals surface area contributed by atoms with Crippen LogP contribution in [0.1, 0.15) is 13.3 Å². The molecular weight excluding hydrogens is 178 g/mol. The lowest BCUT2D eigenvalue weighted by molar-refractivity contribution is 0.134. The van der Waals surface area contributed by atoms with Crippen molar-refractivity contribution < 1.29 is 13.2 Å². The van der Waals surface area contributed by atoms with Gasteiger partial charge in [-0.25, -0.2) is 13.6 Å². The Kier molecular flexibility index (Phi) is 4.44. The first-order valence-corrected chi connectivity index (χ1v) is 5.19. The van der Waals surface area contributed by atoms with Gasteiger partial charge in [0.15, 0.2) is 0 Å². The molecule has 0 aliphatic rings. The summed E-state index contributed by atoms with van der Waals surface area (Å²) in [6.45, 7) is 5.05. The van der Waals surface area contributed by atoms with Crippen LogP contribution in [0.5, 0.6) is 0 Å². The minimum Gasteiger partial charge on any atom is -0.377 e. The zero-order chi connectivity index (χ0) is 9.78. The molecule has 2 atom stereocenters. The smallest absolute Gasteiger partial charge is 0.211 e. The maximum absolute atomic E-state index is 10.8. The third kappa shape index (κ3) is 3.85. The third-order valence-corrected chi connectivity index (χ3v) is 3.00. The summed E-state index contributed by atoms with van der Waals surface area (Å²) in [7, 11) is -1.94. The Morgan fingerprint density at radius 1 is 1.67 bits per heavy atom. The fourth-order valence-corrected chi connectivity index (χ4v) is 1.21. The van der Waals surface area contributed by atoms with E-state index >= 15 is 0 Å². The lowest BCUT2D eigenvalue weighted by atomic mass is 10.2. The van der Waals surface area contributed by atoms with Gasteiger partial charge in [-0.2, -0.15) is 0 Å². The third-order valence-electron chi connectivity index (χ3n) is 1.69. The van der Waals surface area contributed by atoms with Crippen LogP contribution in [0.25, 0.3) is 0 Å². The molecule has 0 aromatic heterocycles.